The molecule has 20 heavy (non-hydrogen) atoms. The van der Waals surface area contributed by atoms with E-state index in [1.165, 1.54) is 0 Å². The van der Waals surface area contributed by atoms with Crippen LogP contribution in [0.25, 0.3) is 21.1 Å². The largest absolute Gasteiger partial charge is 0.325 e. The first kappa shape index (κ1) is 13.2. The number of nitrogens with zero attached hydrogens (tertiary/aromatic N) is 2. The molecule has 0 unspecified atom stereocenters. The Morgan fingerprint density at radius 3 is 2.55 bits per heavy atom. The third-order valence-corrected chi connectivity index (χ3v) is 4.27. The molecule has 3 nitrogen and oxygen atoms in total. The minimum absolute atomic E-state index is 0.411. The fourth-order valence-corrected chi connectivity index (χ4v) is 3.10. The number of nitrogens with two attached hydrogens (primary N) is 1. The summed E-state index contributed by atoms with van der Waals surface area (Å²) in [7, 11) is 0. The van der Waals surface area contributed by atoms with Gasteiger partial charge in [0.15, 0.2) is 0 Å². The second-order valence-electron chi connectivity index (χ2n) is 4.23. The molecule has 0 aliphatic carbocycles. The van der Waals surface area contributed by atoms with Crippen LogP contribution in [0.2, 0.25) is 5.02 Å². The molecule has 0 saturated carbocycles. The van der Waals surface area contributed by atoms with Gasteiger partial charge in [0.05, 0.1) is 21.3 Å². The number of hydrogen-bond donors (Lipinski definition) is 1. The maximum atomic E-state index is 5.86. The molecule has 0 aliphatic heterocycles. The van der Waals surface area contributed by atoms with Gasteiger partial charge in [-0.05, 0) is 17.7 Å². The van der Waals surface area contributed by atoms with Gasteiger partial charge < -0.3 is 5.73 Å². The molecule has 0 atom stereocenters. The molecule has 2 heterocycles. The monoisotopic (exact) mass is 301 g/mol. The van der Waals surface area contributed by atoms with Crippen molar-refractivity contribution in [2.45, 2.75) is 6.54 Å². The average Bonchev–Trinajstić information content (AvgIpc) is 2.93. The highest BCUT2D eigenvalue weighted by Crippen LogP contribution is 2.34. The predicted octanol–water partition coefficient (Wildman–Crippen LogP) is 3.98. The van der Waals surface area contributed by atoms with Gasteiger partial charge in [-0.1, -0.05) is 41.9 Å². The molecule has 0 aliphatic rings. The van der Waals surface area contributed by atoms with Crippen molar-refractivity contribution >= 4 is 22.9 Å². The summed E-state index contributed by atoms with van der Waals surface area (Å²) in [5.74, 6) is 0. The maximum absolute atomic E-state index is 5.86. The lowest BCUT2D eigenvalue weighted by atomic mass is 10.1. The van der Waals surface area contributed by atoms with Gasteiger partial charge in [0, 0.05) is 12.7 Å². The second-order valence-corrected chi connectivity index (χ2v) is 5.66. The Morgan fingerprint density at radius 2 is 1.90 bits per heavy atom. The summed E-state index contributed by atoms with van der Waals surface area (Å²) in [5, 5.41) is 1.48. The van der Waals surface area contributed by atoms with Crippen LogP contribution in [0.3, 0.4) is 0 Å². The first-order valence-corrected chi connectivity index (χ1v) is 7.34. The number of halogens is 1. The highest BCUT2D eigenvalue weighted by atomic mass is 35.5. The molecule has 0 fully saturated rings. The number of benzene rings is 1. The van der Waals surface area contributed by atoms with Crippen molar-refractivity contribution in [1.82, 2.24) is 9.97 Å². The summed E-state index contributed by atoms with van der Waals surface area (Å²) in [5.41, 5.74) is 8.65. The zero-order chi connectivity index (χ0) is 13.9. The van der Waals surface area contributed by atoms with Crippen molar-refractivity contribution < 1.29 is 0 Å². The summed E-state index contributed by atoms with van der Waals surface area (Å²) in [6.45, 7) is 0.411. The fourth-order valence-electron chi connectivity index (χ4n) is 1.92. The van der Waals surface area contributed by atoms with Crippen LogP contribution in [0.4, 0.5) is 0 Å². The van der Waals surface area contributed by atoms with E-state index in [-0.39, 0.29) is 0 Å². The quantitative estimate of drug-likeness (QED) is 0.796. The second kappa shape index (κ2) is 5.71. The SMILES string of the molecule is NCc1nc(-c2ccc(Cl)cn2)sc1-c1ccccc1. The first-order valence-electron chi connectivity index (χ1n) is 6.15. The van der Waals surface area contributed by atoms with Gasteiger partial charge in [0.1, 0.15) is 5.01 Å². The molecular weight excluding hydrogens is 290 g/mol. The highest BCUT2D eigenvalue weighted by molar-refractivity contribution is 7.18. The third-order valence-electron chi connectivity index (χ3n) is 2.87. The summed E-state index contributed by atoms with van der Waals surface area (Å²) < 4.78 is 0. The zero-order valence-electron chi connectivity index (χ0n) is 10.6. The topological polar surface area (TPSA) is 51.8 Å². The molecule has 2 N–H and O–H groups in total. The van der Waals surface area contributed by atoms with E-state index in [2.05, 4.69) is 22.1 Å². The number of rotatable bonds is 3. The Bertz CT molecular complexity index is 708. The zero-order valence-corrected chi connectivity index (χ0v) is 12.2. The van der Waals surface area contributed by atoms with E-state index in [9.17, 15) is 0 Å². The Kier molecular flexibility index (Phi) is 3.78. The Hall–Kier alpha value is -1.75. The van der Waals surface area contributed by atoms with E-state index in [4.69, 9.17) is 17.3 Å². The van der Waals surface area contributed by atoms with Crippen LogP contribution in [0.5, 0.6) is 0 Å². The molecule has 0 bridgehead atoms. The summed E-state index contributed by atoms with van der Waals surface area (Å²) in [6.07, 6.45) is 1.63. The van der Waals surface area contributed by atoms with Gasteiger partial charge in [0.2, 0.25) is 0 Å². The molecule has 0 spiro atoms. The Balaban J connectivity index is 2.07. The van der Waals surface area contributed by atoms with Crippen molar-refractivity contribution in [3.05, 3.63) is 59.4 Å². The minimum atomic E-state index is 0.411. The average molecular weight is 302 g/mol. The van der Waals surface area contributed by atoms with Crippen LogP contribution in [-0.4, -0.2) is 9.97 Å². The molecule has 0 amide bonds. The maximum Gasteiger partial charge on any atom is 0.142 e. The minimum Gasteiger partial charge on any atom is -0.325 e. The first-order chi connectivity index (χ1) is 9.78. The van der Waals surface area contributed by atoms with Gasteiger partial charge in [-0.2, -0.15) is 0 Å². The van der Waals surface area contributed by atoms with Gasteiger partial charge in [-0.25, -0.2) is 4.98 Å². The number of hydrogen-bond acceptors (Lipinski definition) is 4. The lowest BCUT2D eigenvalue weighted by Crippen LogP contribution is -1.98. The van der Waals surface area contributed by atoms with Crippen LogP contribution < -0.4 is 5.73 Å². The van der Waals surface area contributed by atoms with Crippen LogP contribution in [0.1, 0.15) is 5.69 Å². The van der Waals surface area contributed by atoms with Gasteiger partial charge in [-0.15, -0.1) is 11.3 Å². The van der Waals surface area contributed by atoms with Crippen molar-refractivity contribution in [1.29, 1.82) is 0 Å². The van der Waals surface area contributed by atoms with Crippen LogP contribution >= 0.6 is 22.9 Å². The summed E-state index contributed by atoms with van der Waals surface area (Å²) in [4.78, 5) is 10.00. The van der Waals surface area contributed by atoms with Crippen molar-refractivity contribution in [2.24, 2.45) is 5.73 Å². The van der Waals surface area contributed by atoms with Crippen molar-refractivity contribution in [3.63, 3.8) is 0 Å². The van der Waals surface area contributed by atoms with E-state index in [1.807, 2.05) is 30.3 Å². The van der Waals surface area contributed by atoms with Crippen LogP contribution in [0.15, 0.2) is 48.7 Å². The normalized spacial score (nSPS) is 10.7. The molecule has 3 rings (SSSR count). The molecule has 5 heteroatoms. The molecule has 3 aromatic rings. The third kappa shape index (κ3) is 2.58. The number of pyridine rings is 1. The molecule has 1 aromatic carbocycles. The van der Waals surface area contributed by atoms with Crippen molar-refractivity contribution in [2.75, 3.05) is 0 Å². The Labute approximate surface area is 126 Å². The van der Waals surface area contributed by atoms with Crippen molar-refractivity contribution in [3.8, 4) is 21.1 Å². The predicted molar refractivity (Wildman–Crippen MR) is 83.7 cm³/mol. The number of thiazole rings is 1. The molecule has 0 saturated heterocycles. The van der Waals surface area contributed by atoms with Crippen LogP contribution in [0, 0.1) is 0 Å². The van der Waals surface area contributed by atoms with E-state index >= 15 is 0 Å². The molecule has 2 aromatic heterocycles. The lowest BCUT2D eigenvalue weighted by molar-refractivity contribution is 1.01. The smallest absolute Gasteiger partial charge is 0.142 e. The summed E-state index contributed by atoms with van der Waals surface area (Å²) in [6, 6.07) is 13.8. The van der Waals surface area contributed by atoms with Crippen LogP contribution in [-0.2, 0) is 6.54 Å². The summed E-state index contributed by atoms with van der Waals surface area (Å²) >= 11 is 7.46. The standard InChI is InChI=1S/C15H12ClN3S/c16-11-6-7-12(18-9-11)15-19-13(8-17)14(20-15)10-4-2-1-3-5-10/h1-7,9H,8,17H2. The highest BCUT2D eigenvalue weighted by Gasteiger charge is 2.13. The van der Waals surface area contributed by atoms with E-state index in [0.717, 1.165) is 26.8 Å². The van der Waals surface area contributed by atoms with Gasteiger partial charge in [-0.3, -0.25) is 4.98 Å². The Morgan fingerprint density at radius 1 is 1.10 bits per heavy atom. The lowest BCUT2D eigenvalue weighted by Gasteiger charge is -1.98. The molecule has 100 valence electrons. The number of aromatic nitrogens is 2. The van der Waals surface area contributed by atoms with E-state index in [0.29, 0.717) is 11.6 Å². The molecular formula is C15H12ClN3S. The van der Waals surface area contributed by atoms with Gasteiger partial charge in [0.25, 0.3) is 0 Å². The van der Waals surface area contributed by atoms with E-state index in [1.54, 1.807) is 17.5 Å². The van der Waals surface area contributed by atoms with E-state index < -0.39 is 0 Å². The molecule has 0 radical (unpaired) electrons. The fraction of sp³-hybridized carbons (Fsp3) is 0.0667. The van der Waals surface area contributed by atoms with Gasteiger partial charge >= 0.3 is 0 Å².